The van der Waals surface area contributed by atoms with Gasteiger partial charge in [0.2, 0.25) is 11.8 Å². The van der Waals surface area contributed by atoms with Crippen LogP contribution in [0.15, 0.2) is 48.5 Å². The van der Waals surface area contributed by atoms with E-state index in [1.807, 2.05) is 0 Å². The number of para-hydroxylation sites is 4. The molecule has 0 saturated carbocycles. The number of fused-ring (bicyclic) bond motifs is 2. The Bertz CT molecular complexity index is 2010. The second kappa shape index (κ2) is 16.2. The Labute approximate surface area is 349 Å². The van der Waals surface area contributed by atoms with Crippen LogP contribution < -0.4 is 30.2 Å². The number of carbonyl (C=O) groups is 7. The van der Waals surface area contributed by atoms with E-state index in [0.717, 1.165) is 0 Å². The zero-order valence-corrected chi connectivity index (χ0v) is 37.4. The summed E-state index contributed by atoms with van der Waals surface area (Å²) in [5.74, 6) is -2.50. The largest absolute Gasteiger partial charge is 0.444 e. The summed E-state index contributed by atoms with van der Waals surface area (Å²) in [5, 5.41) is 2.65. The molecule has 2 aliphatic heterocycles. The van der Waals surface area contributed by atoms with Crippen LogP contribution in [0, 0.1) is 21.7 Å². The predicted octanol–water partition coefficient (Wildman–Crippen LogP) is 5.77. The summed E-state index contributed by atoms with van der Waals surface area (Å²) in [7, 11) is 0. The molecule has 0 bridgehead atoms. The average Bonchev–Trinajstić information content (AvgIpc) is 3.26. The minimum atomic E-state index is -1.43. The quantitative estimate of drug-likeness (QED) is 0.313. The zero-order valence-electron chi connectivity index (χ0n) is 37.4. The van der Waals surface area contributed by atoms with Crippen LogP contribution in [0.5, 0.6) is 0 Å². The maximum absolute atomic E-state index is 15.0. The summed E-state index contributed by atoms with van der Waals surface area (Å²) in [6.07, 6.45) is -0.875. The number of hydrogen-bond donors (Lipinski definition) is 2. The van der Waals surface area contributed by atoms with Crippen molar-refractivity contribution in [2.75, 3.05) is 47.4 Å². The number of ketones is 2. The van der Waals surface area contributed by atoms with Crippen LogP contribution in [0.2, 0.25) is 0 Å². The highest BCUT2D eigenvalue weighted by Gasteiger charge is 2.55. The summed E-state index contributed by atoms with van der Waals surface area (Å²) in [6, 6.07) is 11.1. The number of ether oxygens (including phenoxy) is 1. The second-order valence-corrected chi connectivity index (χ2v) is 20.6. The zero-order chi connectivity index (χ0) is 44.8. The second-order valence-electron chi connectivity index (χ2n) is 20.6. The van der Waals surface area contributed by atoms with Crippen molar-refractivity contribution in [1.29, 1.82) is 0 Å². The van der Waals surface area contributed by atoms with E-state index in [2.05, 4.69) is 5.32 Å². The van der Waals surface area contributed by atoms with Crippen LogP contribution >= 0.6 is 0 Å². The Balaban J connectivity index is 1.89. The smallest absolute Gasteiger partial charge is 0.408 e. The van der Waals surface area contributed by atoms with Gasteiger partial charge in [-0.15, -0.1) is 0 Å². The minimum absolute atomic E-state index is 0.140. The molecule has 3 unspecified atom stereocenters. The number of Topliss-reactive ketones (excluding diaryl/α,β-unsaturated/α-hetero) is 2. The highest BCUT2D eigenvalue weighted by molar-refractivity contribution is 6.12. The number of carbonyl (C=O) groups excluding carboxylic acids is 7. The molecule has 0 aromatic heterocycles. The number of nitrogens with zero attached hydrogens (tertiary/aromatic N) is 4. The lowest BCUT2D eigenvalue weighted by Gasteiger charge is -2.42. The summed E-state index contributed by atoms with van der Waals surface area (Å²) in [5.41, 5.74) is 3.17. The van der Waals surface area contributed by atoms with E-state index in [-0.39, 0.29) is 49.5 Å². The Morgan fingerprint density at radius 2 is 1.19 bits per heavy atom. The average molecular weight is 818 g/mol. The number of anilines is 3. The maximum atomic E-state index is 15.0. The lowest BCUT2D eigenvalue weighted by atomic mass is 9.83. The van der Waals surface area contributed by atoms with Gasteiger partial charge in [0.25, 0.3) is 5.91 Å². The lowest BCUT2D eigenvalue weighted by Crippen LogP contribution is -2.67. The van der Waals surface area contributed by atoms with Gasteiger partial charge in [-0.2, -0.15) is 0 Å². The first-order valence-electron chi connectivity index (χ1n) is 20.2. The van der Waals surface area contributed by atoms with Crippen molar-refractivity contribution in [2.45, 2.75) is 115 Å². The Morgan fingerprint density at radius 3 is 1.69 bits per heavy atom. The molecule has 59 heavy (non-hydrogen) atoms. The van der Waals surface area contributed by atoms with Crippen LogP contribution in [0.25, 0.3) is 0 Å². The molecule has 0 spiro atoms. The molecule has 3 N–H and O–H groups in total. The van der Waals surface area contributed by atoms with E-state index in [4.69, 9.17) is 10.5 Å². The number of nitrogens with two attached hydrogens (primary N) is 1. The third kappa shape index (κ3) is 10.1. The number of nitrogens with one attached hydrogen (secondary N) is 1. The molecule has 322 valence electrons. The van der Waals surface area contributed by atoms with Crippen molar-refractivity contribution in [3.8, 4) is 0 Å². The fourth-order valence-corrected chi connectivity index (χ4v) is 7.35. The van der Waals surface area contributed by atoms with Gasteiger partial charge >= 0.3 is 12.0 Å². The first-order valence-corrected chi connectivity index (χ1v) is 20.2. The normalized spacial score (nSPS) is 20.6. The summed E-state index contributed by atoms with van der Waals surface area (Å²) in [6.45, 7) is 22.7. The van der Waals surface area contributed by atoms with Crippen LogP contribution in [0.1, 0.15) is 96.9 Å². The van der Waals surface area contributed by atoms with E-state index in [0.29, 0.717) is 17.1 Å². The van der Waals surface area contributed by atoms with Crippen LogP contribution in [-0.4, -0.2) is 91.7 Å². The van der Waals surface area contributed by atoms with E-state index in [9.17, 15) is 33.6 Å². The lowest BCUT2D eigenvalue weighted by molar-refractivity contribution is -0.141. The van der Waals surface area contributed by atoms with Gasteiger partial charge in [-0.25, -0.2) is 14.1 Å². The first kappa shape index (κ1) is 46.7. The molecule has 0 radical (unpaired) electrons. The van der Waals surface area contributed by atoms with Crippen molar-refractivity contribution >= 4 is 64.0 Å². The van der Waals surface area contributed by atoms with Gasteiger partial charge in [-0.3, -0.25) is 24.0 Å². The van der Waals surface area contributed by atoms with Gasteiger partial charge in [-0.1, -0.05) is 86.6 Å². The van der Waals surface area contributed by atoms with Crippen molar-refractivity contribution in [1.82, 2.24) is 9.80 Å². The summed E-state index contributed by atoms with van der Waals surface area (Å²) < 4.78 is 4.85. The Hall–Kier alpha value is -4.95. The predicted molar refractivity (Wildman–Crippen MR) is 230 cm³/mol. The fourth-order valence-electron chi connectivity index (χ4n) is 7.35. The summed E-state index contributed by atoms with van der Waals surface area (Å²) in [4.78, 5) is 104. The molecule has 14 nitrogen and oxygen atoms in total. The summed E-state index contributed by atoms with van der Waals surface area (Å²) >= 11 is 0. The van der Waals surface area contributed by atoms with Gasteiger partial charge in [-0.05, 0) is 52.8 Å². The molecular formula is C45H65N6O8+. The van der Waals surface area contributed by atoms with Gasteiger partial charge in [0, 0.05) is 22.3 Å². The molecule has 0 fully saturated rings. The molecule has 5 amide bonds. The fraction of sp³-hybridized carbons (Fsp3) is 0.578. The number of benzene rings is 2. The number of quaternary nitrogens is 1. The molecule has 14 heteroatoms. The van der Waals surface area contributed by atoms with Crippen molar-refractivity contribution in [2.24, 2.45) is 27.4 Å². The monoisotopic (exact) mass is 817 g/mol. The van der Waals surface area contributed by atoms with E-state index >= 15 is 0 Å². The third-order valence-corrected chi connectivity index (χ3v) is 10.6. The third-order valence-electron chi connectivity index (χ3n) is 10.6. The number of rotatable bonds is 8. The van der Waals surface area contributed by atoms with E-state index < -0.39 is 74.1 Å². The molecule has 3 atom stereocenters. The van der Waals surface area contributed by atoms with Gasteiger partial charge in [0.15, 0.2) is 23.8 Å². The van der Waals surface area contributed by atoms with E-state index in [1.165, 1.54) is 14.7 Å². The molecule has 4 rings (SSSR count). The molecule has 2 aromatic rings. The number of alkyl carbamates (subject to hydrolysis) is 1. The maximum Gasteiger partial charge on any atom is 0.408 e. The Kier molecular flexibility index (Phi) is 12.9. The minimum Gasteiger partial charge on any atom is -0.444 e. The van der Waals surface area contributed by atoms with E-state index in [1.54, 1.807) is 145 Å². The van der Waals surface area contributed by atoms with Crippen LogP contribution in [-0.2, 0) is 33.5 Å². The molecule has 0 saturated heterocycles. The van der Waals surface area contributed by atoms with Gasteiger partial charge < -0.3 is 30.5 Å². The van der Waals surface area contributed by atoms with Crippen molar-refractivity contribution in [3.05, 3.63) is 48.5 Å². The Morgan fingerprint density at radius 1 is 0.695 bits per heavy atom. The van der Waals surface area contributed by atoms with Crippen LogP contribution in [0.4, 0.5) is 27.5 Å². The SMILES string of the molecule is CC(C)(C)OC(=O)NC1CN(C(=O)C(C)(C)C)c2ccccc2N(CC(=O)C(C)(C)C[N+]2(CC(=O)C(C)(C)C)C(=O)C(N)CN(C(=O)C(C)(C)C)c3ccccc32)C1=O. The number of amides is 5. The standard InChI is InChI=1S/C45H64N6O8/c1-41(2,3)35(53)26-51(33-22-18-17-21-32(33)49(23-28(46)37(51)55)38(56)42(4,5)6)27-45(13,14)34(52)25-48-30-19-15-16-20-31(30)50(39(57)43(7,8)9)24-29(36(48)54)47-40(58)59-44(10,11)12/h15-22,28-29H,23-27,46H2,1-14H3/p+1. The first-order chi connectivity index (χ1) is 26.8. The van der Waals surface area contributed by atoms with Crippen molar-refractivity contribution < 1.29 is 38.3 Å². The highest BCUT2D eigenvalue weighted by Crippen LogP contribution is 2.43. The van der Waals surface area contributed by atoms with Gasteiger partial charge in [0.1, 0.15) is 29.9 Å². The number of hydrogen-bond acceptors (Lipinski definition) is 9. The molecular weight excluding hydrogens is 753 g/mol. The molecule has 2 aliphatic rings. The molecule has 2 aromatic carbocycles. The van der Waals surface area contributed by atoms with Crippen molar-refractivity contribution in [3.63, 3.8) is 0 Å². The molecule has 0 aliphatic carbocycles. The highest BCUT2D eigenvalue weighted by atomic mass is 16.6. The molecule has 2 heterocycles. The van der Waals surface area contributed by atoms with Crippen LogP contribution in [0.3, 0.4) is 0 Å². The topological polar surface area (TPSA) is 176 Å². The van der Waals surface area contributed by atoms with Gasteiger partial charge in [0.05, 0.1) is 36.4 Å².